The van der Waals surface area contributed by atoms with Crippen LogP contribution in [0.4, 0.5) is 0 Å². The molecule has 1 aliphatic heterocycles. The van der Waals surface area contributed by atoms with Gasteiger partial charge in [0.15, 0.2) is 6.29 Å². The Morgan fingerprint density at radius 1 is 0.492 bits per heavy atom. The summed E-state index contributed by atoms with van der Waals surface area (Å²) in [4.78, 5) is 81.0. The number of hydrogen-bond acceptors (Lipinski definition) is 10. The smallest absolute Gasteiger partial charge is 0.306 e. The van der Waals surface area contributed by atoms with Crippen LogP contribution in [-0.2, 0) is 43.4 Å². The van der Waals surface area contributed by atoms with Crippen molar-refractivity contribution in [2.45, 2.75) is 173 Å². The van der Waals surface area contributed by atoms with Gasteiger partial charge in [0.2, 0.25) is 0 Å². The first kappa shape index (κ1) is 47.6. The highest BCUT2D eigenvalue weighted by Crippen LogP contribution is 2.53. The molecule has 16 atom stereocenters. The zero-order valence-electron chi connectivity index (χ0n) is 35.8. The second-order valence-corrected chi connectivity index (χ2v) is 19.8. The van der Waals surface area contributed by atoms with Gasteiger partial charge in [-0.1, -0.05) is 64.2 Å². The van der Waals surface area contributed by atoms with Crippen LogP contribution in [0.25, 0.3) is 0 Å². The van der Waals surface area contributed by atoms with E-state index in [4.69, 9.17) is 19.4 Å². The van der Waals surface area contributed by atoms with E-state index in [2.05, 4.69) is 0 Å². The van der Waals surface area contributed by atoms with Gasteiger partial charge in [-0.05, 0) is 125 Å². The molecule has 6 rings (SSSR count). The lowest BCUT2D eigenvalue weighted by Crippen LogP contribution is -2.57. The maximum absolute atomic E-state index is 12.9. The van der Waals surface area contributed by atoms with Crippen molar-refractivity contribution < 1.29 is 74.2 Å². The standard InChI is InChI=1S/C46H72O15/c47-41(48)30-15-5-1-11-26(30)21-22-38-36(23-27-12-2-6-16-31(27)42(49)50)37(24-28-13-3-7-17-32(28)43(51)52)39(40(60-57)34-19-9-10-20-35(34)45(55)56)46(59-38)61-58-25-29-14-4-8-18-33(29)44(53)54/h26-40,46,57H,1-25H2,(H,47,48)(H,49,50)(H,51,52)(H,53,54)(H,55,56)/t26?,27?,28?,29?,30?,31?,32?,33?,34?,35?,36-,37-,38?,39+,40?,46?/m0/s1. The Bertz CT molecular complexity index is 1470. The lowest BCUT2D eigenvalue weighted by molar-refractivity contribution is -0.438. The van der Waals surface area contributed by atoms with Crippen LogP contribution in [0.15, 0.2) is 0 Å². The Labute approximate surface area is 359 Å². The topological polar surface area (TPSA) is 244 Å². The van der Waals surface area contributed by atoms with Crippen molar-refractivity contribution in [2.24, 2.45) is 76.9 Å². The minimum absolute atomic E-state index is 0.0391. The first-order valence-corrected chi connectivity index (χ1v) is 23.8. The quantitative estimate of drug-likeness (QED) is 0.0527. The Kier molecular flexibility index (Phi) is 17.7. The molecule has 0 spiro atoms. The molecule has 15 nitrogen and oxygen atoms in total. The third-order valence-corrected chi connectivity index (χ3v) is 16.5. The number of carboxylic acids is 5. The molecule has 0 bridgehead atoms. The number of rotatable bonds is 19. The van der Waals surface area contributed by atoms with E-state index < -0.39 is 102 Å². The maximum atomic E-state index is 12.9. The van der Waals surface area contributed by atoms with E-state index in [-0.39, 0.29) is 30.3 Å². The Hall–Kier alpha value is -2.85. The Morgan fingerprint density at radius 2 is 0.902 bits per heavy atom. The molecule has 346 valence electrons. The molecule has 6 aliphatic rings. The molecule has 6 fully saturated rings. The zero-order valence-corrected chi connectivity index (χ0v) is 35.8. The Balaban J connectivity index is 1.43. The lowest BCUT2D eigenvalue weighted by Gasteiger charge is -2.53. The van der Waals surface area contributed by atoms with E-state index in [9.17, 15) is 54.8 Å². The number of ether oxygens (including phenoxy) is 1. The fourth-order valence-corrected chi connectivity index (χ4v) is 13.4. The summed E-state index contributed by atoms with van der Waals surface area (Å²) in [5, 5.41) is 62.8. The van der Waals surface area contributed by atoms with E-state index in [0.717, 1.165) is 57.8 Å². The zero-order chi connectivity index (χ0) is 43.6. The minimum Gasteiger partial charge on any atom is -0.481 e. The minimum atomic E-state index is -1.25. The van der Waals surface area contributed by atoms with Crippen LogP contribution in [0.1, 0.15) is 154 Å². The first-order valence-electron chi connectivity index (χ1n) is 23.8. The summed E-state index contributed by atoms with van der Waals surface area (Å²) in [6.07, 6.45) is 12.5. The van der Waals surface area contributed by atoms with Crippen LogP contribution in [-0.4, -0.2) is 85.7 Å². The molecule has 61 heavy (non-hydrogen) atoms. The SMILES string of the molecule is O=C(O)C1CCCCC1CCC1OC(OOCC2CCCCC2C(=O)O)[C@@H](C(OO)C2CCCCC2C(=O)O)[C@@H](CC2CCCCC2C(=O)O)[C@@H]1CC1CCCCC1C(=O)O. The monoisotopic (exact) mass is 864 g/mol. The van der Waals surface area contributed by atoms with Crippen LogP contribution in [0.3, 0.4) is 0 Å². The molecule has 1 heterocycles. The van der Waals surface area contributed by atoms with Gasteiger partial charge in [0.05, 0.1) is 42.3 Å². The predicted molar refractivity (Wildman–Crippen MR) is 218 cm³/mol. The maximum Gasteiger partial charge on any atom is 0.306 e. The van der Waals surface area contributed by atoms with Gasteiger partial charge in [-0.15, -0.1) is 0 Å². The van der Waals surface area contributed by atoms with Crippen molar-refractivity contribution in [1.29, 1.82) is 0 Å². The second-order valence-electron chi connectivity index (χ2n) is 19.8. The van der Waals surface area contributed by atoms with Crippen molar-refractivity contribution in [1.82, 2.24) is 0 Å². The normalized spacial score (nSPS) is 39.1. The molecule has 6 N–H and O–H groups in total. The molecule has 0 amide bonds. The van der Waals surface area contributed by atoms with Gasteiger partial charge in [0.1, 0.15) is 6.10 Å². The van der Waals surface area contributed by atoms with Gasteiger partial charge in [0.25, 0.3) is 0 Å². The molecule has 1 saturated heterocycles. The third kappa shape index (κ3) is 11.8. The average Bonchev–Trinajstić information content (AvgIpc) is 3.25. The van der Waals surface area contributed by atoms with Crippen molar-refractivity contribution >= 4 is 29.8 Å². The summed E-state index contributed by atoms with van der Waals surface area (Å²) in [5.41, 5.74) is 0. The predicted octanol–water partition coefficient (Wildman–Crippen LogP) is 8.38. The average molecular weight is 865 g/mol. The molecule has 5 aliphatic carbocycles. The number of hydrogen-bond donors (Lipinski definition) is 6. The fourth-order valence-electron chi connectivity index (χ4n) is 13.4. The number of carboxylic acid groups (broad SMARTS) is 5. The van der Waals surface area contributed by atoms with Crippen LogP contribution >= 0.6 is 0 Å². The molecule has 5 saturated carbocycles. The van der Waals surface area contributed by atoms with Gasteiger partial charge >= 0.3 is 29.8 Å². The highest BCUT2D eigenvalue weighted by atomic mass is 17.2. The van der Waals surface area contributed by atoms with E-state index in [1.165, 1.54) is 0 Å². The van der Waals surface area contributed by atoms with Crippen molar-refractivity contribution in [2.75, 3.05) is 6.61 Å². The molecule has 0 aromatic rings. The third-order valence-electron chi connectivity index (χ3n) is 16.5. The largest absolute Gasteiger partial charge is 0.481 e. The van der Waals surface area contributed by atoms with E-state index in [0.29, 0.717) is 96.3 Å². The van der Waals surface area contributed by atoms with Gasteiger partial charge < -0.3 is 30.3 Å². The van der Waals surface area contributed by atoms with Crippen LogP contribution in [0.5, 0.6) is 0 Å². The summed E-state index contributed by atoms with van der Waals surface area (Å²) >= 11 is 0. The van der Waals surface area contributed by atoms with Gasteiger partial charge in [-0.3, -0.25) is 29.2 Å². The highest BCUT2D eigenvalue weighted by molar-refractivity contribution is 5.72. The lowest BCUT2D eigenvalue weighted by atomic mass is 9.60. The summed E-state index contributed by atoms with van der Waals surface area (Å²) in [6, 6.07) is 0. The highest BCUT2D eigenvalue weighted by Gasteiger charge is 2.56. The Morgan fingerprint density at radius 3 is 1.41 bits per heavy atom. The molecule has 0 aromatic carbocycles. The number of carbonyl (C=O) groups is 5. The van der Waals surface area contributed by atoms with E-state index >= 15 is 0 Å². The van der Waals surface area contributed by atoms with Gasteiger partial charge in [0, 0.05) is 11.8 Å². The molecular formula is C46H72O15. The van der Waals surface area contributed by atoms with E-state index in [1.807, 2.05) is 0 Å². The molecular weight excluding hydrogens is 792 g/mol. The van der Waals surface area contributed by atoms with Crippen LogP contribution in [0.2, 0.25) is 0 Å². The van der Waals surface area contributed by atoms with Gasteiger partial charge in [-0.25, -0.2) is 14.7 Å². The molecule has 0 radical (unpaired) electrons. The second kappa shape index (κ2) is 22.7. The fraction of sp³-hybridized carbons (Fsp3) is 0.891. The van der Waals surface area contributed by atoms with Crippen LogP contribution in [0, 0.1) is 76.9 Å². The van der Waals surface area contributed by atoms with Crippen LogP contribution < -0.4 is 0 Å². The molecule has 15 heteroatoms. The summed E-state index contributed by atoms with van der Waals surface area (Å²) < 4.78 is 7.05. The number of aliphatic carboxylic acids is 5. The molecule has 13 unspecified atom stereocenters. The van der Waals surface area contributed by atoms with E-state index in [1.54, 1.807) is 0 Å². The summed E-state index contributed by atoms with van der Waals surface area (Å²) in [6.45, 7) is -0.0391. The van der Waals surface area contributed by atoms with Crippen molar-refractivity contribution in [3.05, 3.63) is 0 Å². The molecule has 0 aromatic heterocycles. The van der Waals surface area contributed by atoms with Crippen molar-refractivity contribution in [3.8, 4) is 0 Å². The first-order chi connectivity index (χ1) is 29.4. The van der Waals surface area contributed by atoms with Crippen molar-refractivity contribution in [3.63, 3.8) is 0 Å². The van der Waals surface area contributed by atoms with Gasteiger partial charge in [-0.2, -0.15) is 0 Å². The summed E-state index contributed by atoms with van der Waals surface area (Å²) in [5.74, 6) is -11.1. The summed E-state index contributed by atoms with van der Waals surface area (Å²) in [7, 11) is 0.